The van der Waals surface area contributed by atoms with Crippen molar-refractivity contribution in [2.24, 2.45) is 0 Å². The Bertz CT molecular complexity index is 883. The lowest BCUT2D eigenvalue weighted by Crippen LogP contribution is -2.02. The molecule has 0 aliphatic carbocycles. The van der Waals surface area contributed by atoms with E-state index in [1.54, 1.807) is 0 Å². The highest BCUT2D eigenvalue weighted by Crippen LogP contribution is 2.25. The topological polar surface area (TPSA) is 48.0 Å². The lowest BCUT2D eigenvalue weighted by molar-refractivity contribution is 0.534. The monoisotopic (exact) mass is 292 g/mol. The van der Waals surface area contributed by atoms with Crippen molar-refractivity contribution in [2.45, 2.75) is 13.8 Å². The van der Waals surface area contributed by atoms with Crippen LogP contribution < -0.4 is 5.63 Å². The maximum Gasteiger partial charge on any atom is 0.337 e. The Morgan fingerprint density at radius 1 is 1.30 bits per heavy atom. The molecule has 4 nitrogen and oxygen atoms in total. The lowest BCUT2D eigenvalue weighted by atomic mass is 10.2. The normalized spacial score (nSPS) is 11.2. The molecule has 2 heterocycles. The summed E-state index contributed by atoms with van der Waals surface area (Å²) >= 11 is 5.78. The van der Waals surface area contributed by atoms with Crippen LogP contribution >= 0.6 is 11.6 Å². The molecular weight excluding hydrogens is 283 g/mol. The van der Waals surface area contributed by atoms with E-state index in [9.17, 15) is 9.18 Å². The Kier molecular flexibility index (Phi) is 2.87. The standard InChI is InChI=1S/C14H10ClFN2O2/c1-7-5-12(19)20-14-13(7)8(2)17-18(14)9-3-4-11(16)10(15)6-9/h3-6H,1-2H3. The molecule has 0 bridgehead atoms. The number of aromatic nitrogens is 2. The Balaban J connectivity index is 2.37. The number of hydrogen-bond acceptors (Lipinski definition) is 3. The van der Waals surface area contributed by atoms with E-state index in [0.29, 0.717) is 11.4 Å². The Hall–Kier alpha value is -2.14. The summed E-state index contributed by atoms with van der Waals surface area (Å²) in [4.78, 5) is 11.5. The third kappa shape index (κ3) is 1.91. The van der Waals surface area contributed by atoms with Gasteiger partial charge >= 0.3 is 5.63 Å². The number of aryl methyl sites for hydroxylation is 2. The van der Waals surface area contributed by atoms with Gasteiger partial charge in [0.25, 0.3) is 0 Å². The van der Waals surface area contributed by atoms with Gasteiger partial charge in [0.15, 0.2) is 0 Å². The van der Waals surface area contributed by atoms with Gasteiger partial charge in [-0.1, -0.05) is 11.6 Å². The van der Waals surface area contributed by atoms with E-state index >= 15 is 0 Å². The quantitative estimate of drug-likeness (QED) is 0.691. The lowest BCUT2D eigenvalue weighted by Gasteiger charge is -2.03. The fourth-order valence-electron chi connectivity index (χ4n) is 2.22. The highest BCUT2D eigenvalue weighted by Gasteiger charge is 2.15. The molecule has 0 saturated heterocycles. The predicted octanol–water partition coefficient (Wildman–Crippen LogP) is 3.39. The second-order valence-electron chi connectivity index (χ2n) is 4.52. The van der Waals surface area contributed by atoms with E-state index in [4.69, 9.17) is 16.0 Å². The second-order valence-corrected chi connectivity index (χ2v) is 4.93. The summed E-state index contributed by atoms with van der Waals surface area (Å²) < 4.78 is 19.9. The minimum absolute atomic E-state index is 0.0150. The van der Waals surface area contributed by atoms with Crippen LogP contribution in [0.2, 0.25) is 5.02 Å². The summed E-state index contributed by atoms with van der Waals surface area (Å²) in [6.45, 7) is 3.63. The van der Waals surface area contributed by atoms with Gasteiger partial charge in [0.2, 0.25) is 5.71 Å². The van der Waals surface area contributed by atoms with Crippen LogP contribution in [0.25, 0.3) is 16.8 Å². The molecule has 20 heavy (non-hydrogen) atoms. The van der Waals surface area contributed by atoms with Crippen LogP contribution in [0.1, 0.15) is 11.3 Å². The Morgan fingerprint density at radius 2 is 2.05 bits per heavy atom. The maximum atomic E-state index is 13.2. The molecule has 1 aromatic carbocycles. The molecule has 0 unspecified atom stereocenters. The second kappa shape index (κ2) is 4.45. The minimum Gasteiger partial charge on any atom is -0.403 e. The average Bonchev–Trinajstić information content (AvgIpc) is 2.70. The first-order valence-corrected chi connectivity index (χ1v) is 6.30. The van der Waals surface area contributed by atoms with E-state index < -0.39 is 11.4 Å². The number of fused-ring (bicyclic) bond motifs is 1. The number of nitrogens with zero attached hydrogens (tertiary/aromatic N) is 2. The van der Waals surface area contributed by atoms with Gasteiger partial charge in [-0.3, -0.25) is 0 Å². The van der Waals surface area contributed by atoms with Crippen LogP contribution in [0.4, 0.5) is 4.39 Å². The van der Waals surface area contributed by atoms with Crippen molar-refractivity contribution in [1.29, 1.82) is 0 Å². The van der Waals surface area contributed by atoms with Crippen molar-refractivity contribution in [1.82, 2.24) is 9.78 Å². The van der Waals surface area contributed by atoms with Gasteiger partial charge in [0.1, 0.15) is 5.82 Å². The fourth-order valence-corrected chi connectivity index (χ4v) is 2.39. The molecular formula is C14H10ClFN2O2. The summed E-state index contributed by atoms with van der Waals surface area (Å²) in [5, 5.41) is 5.09. The molecule has 6 heteroatoms. The molecule has 3 rings (SSSR count). The zero-order valence-corrected chi connectivity index (χ0v) is 11.5. The molecule has 2 aromatic heterocycles. The van der Waals surface area contributed by atoms with Crippen LogP contribution in [-0.4, -0.2) is 9.78 Å². The zero-order chi connectivity index (χ0) is 14.4. The molecule has 3 aromatic rings. The minimum atomic E-state index is -0.513. The van der Waals surface area contributed by atoms with Gasteiger partial charge in [0.05, 0.1) is 21.8 Å². The number of rotatable bonds is 1. The fraction of sp³-hybridized carbons (Fsp3) is 0.143. The van der Waals surface area contributed by atoms with E-state index in [1.165, 1.54) is 28.9 Å². The summed E-state index contributed by atoms with van der Waals surface area (Å²) in [6.07, 6.45) is 0. The van der Waals surface area contributed by atoms with Crippen LogP contribution in [0, 0.1) is 19.7 Å². The SMILES string of the molecule is Cc1cc(=O)oc2c1c(C)nn2-c1ccc(F)c(Cl)c1. The molecule has 0 radical (unpaired) electrons. The highest BCUT2D eigenvalue weighted by molar-refractivity contribution is 6.30. The molecule has 0 fully saturated rings. The van der Waals surface area contributed by atoms with Gasteiger partial charge in [-0.15, -0.1) is 0 Å². The average molecular weight is 293 g/mol. The van der Waals surface area contributed by atoms with Gasteiger partial charge < -0.3 is 4.42 Å². The van der Waals surface area contributed by atoms with Crippen molar-refractivity contribution in [3.63, 3.8) is 0 Å². The molecule has 0 aliphatic rings. The van der Waals surface area contributed by atoms with E-state index in [0.717, 1.165) is 16.6 Å². The van der Waals surface area contributed by atoms with Gasteiger partial charge in [-0.2, -0.15) is 9.78 Å². The third-order valence-corrected chi connectivity index (χ3v) is 3.38. The molecule has 0 N–H and O–H groups in total. The van der Waals surface area contributed by atoms with Crippen molar-refractivity contribution >= 4 is 22.7 Å². The molecule has 0 amide bonds. The maximum absolute atomic E-state index is 13.2. The van der Waals surface area contributed by atoms with Crippen molar-refractivity contribution in [3.8, 4) is 5.69 Å². The van der Waals surface area contributed by atoms with Gasteiger partial charge in [-0.25, -0.2) is 9.18 Å². The van der Waals surface area contributed by atoms with Gasteiger partial charge in [0, 0.05) is 6.07 Å². The zero-order valence-electron chi connectivity index (χ0n) is 10.8. The first-order valence-electron chi connectivity index (χ1n) is 5.93. The van der Waals surface area contributed by atoms with Crippen LogP contribution in [0.3, 0.4) is 0 Å². The first-order chi connectivity index (χ1) is 9.47. The van der Waals surface area contributed by atoms with Crippen LogP contribution in [0.5, 0.6) is 0 Å². The Labute approximate surface area is 118 Å². The summed E-state index contributed by atoms with van der Waals surface area (Å²) in [5.41, 5.74) is 1.91. The molecule has 0 saturated carbocycles. The van der Waals surface area contributed by atoms with Crippen molar-refractivity contribution in [3.05, 3.63) is 56.8 Å². The summed E-state index contributed by atoms with van der Waals surface area (Å²) in [6, 6.07) is 5.62. The summed E-state index contributed by atoms with van der Waals surface area (Å²) in [7, 11) is 0. The summed E-state index contributed by atoms with van der Waals surface area (Å²) in [5.74, 6) is -0.513. The van der Waals surface area contributed by atoms with Crippen LogP contribution in [-0.2, 0) is 0 Å². The van der Waals surface area contributed by atoms with E-state index in [2.05, 4.69) is 5.10 Å². The molecule has 0 spiro atoms. The highest BCUT2D eigenvalue weighted by atomic mass is 35.5. The third-order valence-electron chi connectivity index (χ3n) is 3.09. The Morgan fingerprint density at radius 3 is 2.75 bits per heavy atom. The molecule has 102 valence electrons. The first kappa shape index (κ1) is 12.9. The van der Waals surface area contributed by atoms with Crippen molar-refractivity contribution in [2.75, 3.05) is 0 Å². The van der Waals surface area contributed by atoms with Crippen LogP contribution in [0.15, 0.2) is 33.5 Å². The van der Waals surface area contributed by atoms with Crippen molar-refractivity contribution < 1.29 is 8.81 Å². The van der Waals surface area contributed by atoms with E-state index in [-0.39, 0.29) is 5.02 Å². The van der Waals surface area contributed by atoms with E-state index in [1.807, 2.05) is 13.8 Å². The number of halogens is 2. The smallest absolute Gasteiger partial charge is 0.337 e. The van der Waals surface area contributed by atoms with Gasteiger partial charge in [-0.05, 0) is 37.6 Å². The predicted molar refractivity (Wildman–Crippen MR) is 74.0 cm³/mol. The number of hydrogen-bond donors (Lipinski definition) is 0. The molecule has 0 atom stereocenters. The molecule has 0 aliphatic heterocycles. The largest absolute Gasteiger partial charge is 0.403 e. The number of benzene rings is 1.